The lowest BCUT2D eigenvalue weighted by molar-refractivity contribution is -0.401. The Bertz CT molecular complexity index is 1800. The van der Waals surface area contributed by atoms with Gasteiger partial charge in [0.2, 0.25) is 5.69 Å². The van der Waals surface area contributed by atoms with Crippen LogP contribution >= 0.6 is 0 Å². The van der Waals surface area contributed by atoms with Gasteiger partial charge in [0.05, 0.1) is 17.9 Å². The van der Waals surface area contributed by atoms with Gasteiger partial charge in [-0.05, 0) is 65.6 Å². The summed E-state index contributed by atoms with van der Waals surface area (Å²) in [6, 6.07) is 28.5. The average Bonchev–Trinajstić information content (AvgIpc) is 3.29. The zero-order valence-corrected chi connectivity index (χ0v) is 23.2. The van der Waals surface area contributed by atoms with Crippen LogP contribution in [0.1, 0.15) is 37.8 Å². The van der Waals surface area contributed by atoms with Crippen molar-refractivity contribution in [3.63, 3.8) is 0 Å². The second-order valence-corrected chi connectivity index (χ2v) is 11.3. The molecule has 0 amide bonds. The third-order valence-electron chi connectivity index (χ3n) is 8.99. The van der Waals surface area contributed by atoms with Gasteiger partial charge in [-0.1, -0.05) is 66.7 Å². The summed E-state index contributed by atoms with van der Waals surface area (Å²) in [5.41, 5.74) is 6.81. The van der Waals surface area contributed by atoms with Gasteiger partial charge in [0.1, 0.15) is 7.05 Å². The Kier molecular flexibility index (Phi) is 5.81. The van der Waals surface area contributed by atoms with E-state index in [2.05, 4.69) is 141 Å². The first-order chi connectivity index (χ1) is 18.8. The van der Waals surface area contributed by atoms with E-state index < -0.39 is 5.41 Å². The van der Waals surface area contributed by atoms with Crippen molar-refractivity contribution in [3.05, 3.63) is 121 Å². The van der Waals surface area contributed by atoms with Crippen LogP contribution in [0.5, 0.6) is 0 Å². The van der Waals surface area contributed by atoms with Crippen molar-refractivity contribution in [1.82, 2.24) is 0 Å². The van der Waals surface area contributed by atoms with Gasteiger partial charge in [0.15, 0.2) is 5.71 Å². The third kappa shape index (κ3) is 3.52. The molecule has 0 bridgehead atoms. The monoisotopic (exact) mass is 508 g/mol. The zero-order chi connectivity index (χ0) is 27.4. The van der Waals surface area contributed by atoms with Crippen LogP contribution in [0.15, 0.2) is 109 Å². The molecule has 3 heteroatoms. The molecule has 0 N–H and O–H groups in total. The van der Waals surface area contributed by atoms with Crippen molar-refractivity contribution in [3.8, 4) is 6.07 Å². The molecule has 3 nitrogen and oxygen atoms in total. The number of rotatable bonds is 5. The summed E-state index contributed by atoms with van der Waals surface area (Å²) >= 11 is 0. The third-order valence-corrected chi connectivity index (χ3v) is 8.99. The molecule has 0 saturated carbocycles. The standard InChI is InChI=1S/C36H34N3/c1-6-22-35(2)31(38(4)29-20-18-25-12-7-9-14-27(25)33(29)35)16-11-17-32-36(3,23-24-37)34-28-15-10-8-13-26(28)19-21-30(34)39(32)5/h6-21H,1,22-23H2,2-5H3/q+1. The number of fused-ring (bicyclic) bond motifs is 6. The van der Waals surface area contributed by atoms with Crippen LogP contribution < -0.4 is 4.90 Å². The van der Waals surface area contributed by atoms with E-state index in [0.717, 1.165) is 12.1 Å². The first-order valence-electron chi connectivity index (χ1n) is 13.6. The molecule has 0 spiro atoms. The molecule has 39 heavy (non-hydrogen) atoms. The number of anilines is 1. The van der Waals surface area contributed by atoms with E-state index in [4.69, 9.17) is 0 Å². The highest BCUT2D eigenvalue weighted by Gasteiger charge is 2.48. The summed E-state index contributed by atoms with van der Waals surface area (Å²) < 4.78 is 2.26. The number of benzene rings is 4. The molecule has 0 saturated heterocycles. The van der Waals surface area contributed by atoms with Gasteiger partial charge >= 0.3 is 0 Å². The number of nitrogens with zero attached hydrogens (tertiary/aromatic N) is 3. The van der Waals surface area contributed by atoms with Gasteiger partial charge in [-0.25, -0.2) is 0 Å². The minimum Gasteiger partial charge on any atom is -0.347 e. The SMILES string of the molecule is C=CCC1(C)/C(=C\C=C\C2=[N+](C)c3ccc4ccccc4c3C2(C)CC#N)N(C)c2ccc3ccccc3c21. The Labute approximate surface area is 231 Å². The summed E-state index contributed by atoms with van der Waals surface area (Å²) in [4.78, 5) is 2.33. The summed E-state index contributed by atoms with van der Waals surface area (Å²) in [5, 5.41) is 14.9. The first kappa shape index (κ1) is 24.9. The maximum absolute atomic E-state index is 9.91. The lowest BCUT2D eigenvalue weighted by atomic mass is 9.75. The van der Waals surface area contributed by atoms with Crippen molar-refractivity contribution in [2.45, 2.75) is 37.5 Å². The quantitative estimate of drug-likeness (QED) is 0.200. The number of likely N-dealkylation sites (N-methyl/N-ethyl adjacent to an activating group) is 1. The highest BCUT2D eigenvalue weighted by atomic mass is 15.2. The van der Waals surface area contributed by atoms with Crippen LogP contribution in [0.25, 0.3) is 21.5 Å². The fourth-order valence-electron chi connectivity index (χ4n) is 7.15. The van der Waals surface area contributed by atoms with Gasteiger partial charge in [0.25, 0.3) is 0 Å². The topological polar surface area (TPSA) is 30.0 Å². The predicted molar refractivity (Wildman–Crippen MR) is 164 cm³/mol. The second kappa shape index (κ2) is 9.10. The van der Waals surface area contributed by atoms with Crippen LogP contribution in [0.3, 0.4) is 0 Å². The summed E-state index contributed by atoms with van der Waals surface area (Å²) in [5.74, 6) is 0. The van der Waals surface area contributed by atoms with Crippen molar-refractivity contribution < 1.29 is 4.58 Å². The molecule has 0 fully saturated rings. The molecule has 6 rings (SSSR count). The number of allylic oxidation sites excluding steroid dienone is 5. The molecule has 2 aliphatic rings. The molecule has 2 atom stereocenters. The summed E-state index contributed by atoms with van der Waals surface area (Å²) in [6.07, 6.45) is 9.94. The fourth-order valence-corrected chi connectivity index (χ4v) is 7.15. The minimum absolute atomic E-state index is 0.196. The maximum atomic E-state index is 9.91. The van der Waals surface area contributed by atoms with Gasteiger partial charge in [-0.3, -0.25) is 0 Å². The Balaban J connectivity index is 1.47. The van der Waals surface area contributed by atoms with E-state index >= 15 is 0 Å². The van der Waals surface area contributed by atoms with Crippen molar-refractivity contribution in [2.24, 2.45) is 0 Å². The second-order valence-electron chi connectivity index (χ2n) is 11.3. The van der Waals surface area contributed by atoms with Gasteiger partial charge in [-0.15, -0.1) is 6.58 Å². The molecule has 2 aliphatic heterocycles. The van der Waals surface area contributed by atoms with E-state index in [0.29, 0.717) is 6.42 Å². The van der Waals surface area contributed by atoms with Gasteiger partial charge < -0.3 is 4.90 Å². The molecular weight excluding hydrogens is 474 g/mol. The molecule has 0 aliphatic carbocycles. The van der Waals surface area contributed by atoms with E-state index in [-0.39, 0.29) is 5.41 Å². The van der Waals surface area contributed by atoms with E-state index in [1.165, 1.54) is 49.7 Å². The Morgan fingerprint density at radius 1 is 0.897 bits per heavy atom. The Hall–Kier alpha value is -4.42. The molecular formula is C36H34N3+. The van der Waals surface area contributed by atoms with E-state index in [1.807, 2.05) is 6.08 Å². The van der Waals surface area contributed by atoms with Crippen LogP contribution in [0, 0.1) is 11.3 Å². The summed E-state index contributed by atoms with van der Waals surface area (Å²) in [6.45, 7) is 8.66. The lowest BCUT2D eigenvalue weighted by Crippen LogP contribution is -2.30. The Morgan fingerprint density at radius 3 is 2.21 bits per heavy atom. The normalized spacial score (nSPS) is 23.2. The highest BCUT2D eigenvalue weighted by molar-refractivity contribution is 6.08. The van der Waals surface area contributed by atoms with Gasteiger partial charge in [0, 0.05) is 41.6 Å². The molecule has 2 unspecified atom stereocenters. The summed E-state index contributed by atoms with van der Waals surface area (Å²) in [7, 11) is 4.28. The molecule has 0 radical (unpaired) electrons. The molecule has 2 heterocycles. The fraction of sp³-hybridized carbons (Fsp3) is 0.222. The maximum Gasteiger partial charge on any atom is 0.210 e. The van der Waals surface area contributed by atoms with Crippen LogP contribution in [-0.4, -0.2) is 24.4 Å². The average molecular weight is 509 g/mol. The van der Waals surface area contributed by atoms with Crippen LogP contribution in [-0.2, 0) is 10.8 Å². The molecule has 4 aromatic carbocycles. The van der Waals surface area contributed by atoms with E-state index in [9.17, 15) is 5.26 Å². The number of nitriles is 1. The zero-order valence-electron chi connectivity index (χ0n) is 23.2. The van der Waals surface area contributed by atoms with Crippen molar-refractivity contribution in [2.75, 3.05) is 19.0 Å². The first-order valence-corrected chi connectivity index (χ1v) is 13.6. The van der Waals surface area contributed by atoms with Gasteiger partial charge in [-0.2, -0.15) is 9.84 Å². The highest BCUT2D eigenvalue weighted by Crippen LogP contribution is 2.52. The smallest absolute Gasteiger partial charge is 0.210 e. The number of hydrogen-bond donors (Lipinski definition) is 0. The van der Waals surface area contributed by atoms with E-state index in [1.54, 1.807) is 0 Å². The largest absolute Gasteiger partial charge is 0.347 e. The lowest BCUT2D eigenvalue weighted by Gasteiger charge is -2.28. The number of hydrogen-bond acceptors (Lipinski definition) is 2. The minimum atomic E-state index is -0.403. The predicted octanol–water partition coefficient (Wildman–Crippen LogP) is 8.32. The van der Waals surface area contributed by atoms with Crippen molar-refractivity contribution in [1.29, 1.82) is 5.26 Å². The molecule has 4 aromatic rings. The molecule has 192 valence electrons. The van der Waals surface area contributed by atoms with Crippen LogP contribution in [0.2, 0.25) is 0 Å². The van der Waals surface area contributed by atoms with Crippen molar-refractivity contribution >= 4 is 38.6 Å². The van der Waals surface area contributed by atoms with Crippen LogP contribution in [0.4, 0.5) is 11.4 Å². The molecule has 0 aromatic heterocycles. The Morgan fingerprint density at radius 2 is 1.54 bits per heavy atom.